The minimum atomic E-state index is 0.0243. The summed E-state index contributed by atoms with van der Waals surface area (Å²) in [6.07, 6.45) is 0.676. The summed E-state index contributed by atoms with van der Waals surface area (Å²) in [5.41, 5.74) is 17.2. The third kappa shape index (κ3) is 12.6. The topological polar surface area (TPSA) is 121 Å². The van der Waals surface area contributed by atoms with Gasteiger partial charge in [0.1, 0.15) is 34.5 Å². The lowest BCUT2D eigenvalue weighted by Gasteiger charge is -2.16. The van der Waals surface area contributed by atoms with Crippen LogP contribution in [0.3, 0.4) is 0 Å². The van der Waals surface area contributed by atoms with Crippen LogP contribution in [0.25, 0.3) is 66.8 Å². The predicted octanol–water partition coefficient (Wildman–Crippen LogP) is 19.5. The fraction of sp³-hybridized carbons (Fsp3) is 0.0714. The molecule has 0 saturated heterocycles. The van der Waals surface area contributed by atoms with E-state index in [0.29, 0.717) is 66.8 Å². The largest absolute Gasteiger partial charge is 0.506 e. The average Bonchev–Trinajstić information content (AvgIpc) is 0.916. The molecule has 0 aliphatic heterocycles. The molecule has 0 radical (unpaired) electrons. The van der Waals surface area contributed by atoms with Crippen LogP contribution in [0.4, 0.5) is 0 Å². The van der Waals surface area contributed by atoms with Crippen LogP contribution in [0.15, 0.2) is 291 Å². The molecule has 6 heteroatoms. The fourth-order valence-electron chi connectivity index (χ4n) is 12.6. The van der Waals surface area contributed by atoms with Crippen LogP contribution < -0.4 is 0 Å². The number of aromatic hydroxyl groups is 6. The lowest BCUT2D eigenvalue weighted by Crippen LogP contribution is -2.03. The van der Waals surface area contributed by atoms with Gasteiger partial charge < -0.3 is 30.6 Å². The monoisotopic (exact) mass is 1170 g/mol. The highest BCUT2D eigenvalue weighted by atomic mass is 16.3. The molecular formula is C84H66O6+6. The molecule has 0 aromatic heterocycles. The van der Waals surface area contributed by atoms with E-state index < -0.39 is 0 Å². The zero-order valence-electron chi connectivity index (χ0n) is 49.6. The number of phenolic OH excluding ortho intramolecular Hbond substituents is 6. The molecule has 13 rings (SSSR count). The second-order valence-electron chi connectivity index (χ2n) is 23.3. The van der Waals surface area contributed by atoms with E-state index in [4.69, 9.17) is 0 Å². The van der Waals surface area contributed by atoms with Gasteiger partial charge in [-0.1, -0.05) is 0 Å². The van der Waals surface area contributed by atoms with Gasteiger partial charge in [0.2, 0.25) is 0 Å². The molecule has 0 heterocycles. The summed E-state index contributed by atoms with van der Waals surface area (Å²) >= 11 is 0. The molecule has 6 N–H and O–H groups in total. The van der Waals surface area contributed by atoms with Gasteiger partial charge in [-0.25, -0.2) is 0 Å². The van der Waals surface area contributed by atoms with Gasteiger partial charge in [-0.3, -0.25) is 0 Å². The average molecular weight is 1170 g/mol. The first-order valence-corrected chi connectivity index (χ1v) is 30.5. The molecule has 90 heavy (non-hydrogen) atoms. The van der Waals surface area contributed by atoms with Gasteiger partial charge >= 0.3 is 0 Å². The van der Waals surface area contributed by atoms with Crippen LogP contribution in [-0.4, -0.2) is 30.6 Å². The Bertz CT molecular complexity index is 3740. The molecule has 0 fully saturated rings. The van der Waals surface area contributed by atoms with Gasteiger partial charge in [0.15, 0.2) is 0 Å². The smallest absolute Gasteiger partial charge is 0.138 e. The maximum absolute atomic E-state index is 12.9. The van der Waals surface area contributed by atoms with Gasteiger partial charge in [-0.2, -0.15) is 0 Å². The molecular weight excluding hydrogens is 1100 g/mol. The summed E-state index contributed by atoms with van der Waals surface area (Å²) in [6, 6.07) is 95.6. The Kier molecular flexibility index (Phi) is 16.6. The summed E-state index contributed by atoms with van der Waals surface area (Å²) < 4.78 is 0. The maximum atomic E-state index is 12.9. The summed E-state index contributed by atoms with van der Waals surface area (Å²) in [6.45, 7) is 0. The van der Waals surface area contributed by atoms with E-state index in [2.05, 4.69) is 0 Å². The first-order chi connectivity index (χ1) is 44.1. The second-order valence-corrected chi connectivity index (χ2v) is 23.3. The molecule has 0 amide bonds. The van der Waals surface area contributed by atoms with Crippen molar-refractivity contribution in [3.63, 3.8) is 0 Å². The van der Waals surface area contributed by atoms with Crippen molar-refractivity contribution in [3.8, 4) is 101 Å². The van der Waals surface area contributed by atoms with E-state index in [1.54, 1.807) is 0 Å². The van der Waals surface area contributed by atoms with Gasteiger partial charge in [-0.15, -0.1) is 0 Å². The Morgan fingerprint density at radius 3 is 0.356 bits per heavy atom. The number of hydrogen-bond donors (Lipinski definition) is 6. The van der Waals surface area contributed by atoms with E-state index in [1.165, 1.54) is 0 Å². The molecule has 0 spiro atoms. The molecule has 1 aliphatic rings. The molecule has 12 aromatic rings. The van der Waals surface area contributed by atoms with Crippen molar-refractivity contribution < 1.29 is 30.6 Å². The molecule has 1 aliphatic carbocycles. The van der Waals surface area contributed by atoms with Gasteiger partial charge in [0.05, 0.1) is 66.8 Å². The number of rotatable bonds is 6. The zero-order chi connectivity index (χ0) is 61.5. The third-order valence-electron chi connectivity index (χ3n) is 17.2. The minimum Gasteiger partial charge on any atom is -0.506 e. The Morgan fingerprint density at radius 1 is 0.156 bits per heavy atom. The van der Waals surface area contributed by atoms with Crippen molar-refractivity contribution in [2.24, 2.45) is 0 Å². The van der Waals surface area contributed by atoms with Crippen molar-refractivity contribution in [2.45, 2.75) is 38.5 Å². The van der Waals surface area contributed by atoms with Crippen LogP contribution in [0.1, 0.15) is 66.8 Å². The Balaban J connectivity index is 1.09. The maximum Gasteiger partial charge on any atom is 0.138 e. The number of benzene rings is 6. The highest BCUT2D eigenvalue weighted by Crippen LogP contribution is 2.45. The molecule has 6 nitrogen and oxygen atoms in total. The Labute approximate surface area is 525 Å². The molecule has 432 valence electrons. The Hall–Kier alpha value is -11.3. The van der Waals surface area contributed by atoms with Crippen molar-refractivity contribution in [2.75, 3.05) is 0 Å². The fourth-order valence-corrected chi connectivity index (χ4v) is 12.6. The van der Waals surface area contributed by atoms with Crippen molar-refractivity contribution >= 4 is 0 Å². The lowest BCUT2D eigenvalue weighted by atomic mass is 9.86. The van der Waals surface area contributed by atoms with E-state index in [0.717, 1.165) is 66.8 Å². The van der Waals surface area contributed by atoms with Crippen molar-refractivity contribution in [3.05, 3.63) is 358 Å². The van der Waals surface area contributed by atoms with E-state index in [1.807, 2.05) is 291 Å². The summed E-state index contributed by atoms with van der Waals surface area (Å²) in [7, 11) is 0. The normalized spacial score (nSPS) is 12.0. The first kappa shape index (κ1) is 57.7. The standard InChI is InChI=1S/C84H60O6/c85-79-67-37-61(55-25-13-1-2-14-26-55)38-68(79)50-70-40-63(57-29-17-5-6-18-30-57)42-72(81(70)87)52-74-44-65(59-33-21-9-10-22-34-59)46-76(83(74)89)54-78-48-66(60-35-23-11-12-24-36-60)47-77(84(78)90)53-75-45-64(58-31-19-7-8-20-32-58)43-73(82(75)88)51-71-41-62(39-69(49-67)80(71)86)56-27-15-3-4-16-28-56/h1-48H,49-54H2/p+6. The van der Waals surface area contributed by atoms with Gasteiger partial charge in [0.25, 0.3) is 0 Å². The molecule has 0 unspecified atom stereocenters. The van der Waals surface area contributed by atoms with Crippen LogP contribution in [0.2, 0.25) is 0 Å². The van der Waals surface area contributed by atoms with Gasteiger partial charge in [-0.05, 0) is 146 Å². The van der Waals surface area contributed by atoms with E-state index in [9.17, 15) is 30.6 Å². The Morgan fingerprint density at radius 2 is 0.256 bits per heavy atom. The SMILES string of the molecule is Oc1c2cc(-[c+]3cccccc3)cc1Cc1cc(-[c+]3cccccc3)cc(c1O)Cc1cc(-[c+]3cccccc3)cc(c1O)Cc1cc(-[c+]3cccccc3)cc(c1O)Cc1cc(-[c+]3cccccc3)cc(c1O)Cc1cc(-[c+]3cccccc3)cc(c1O)C2. The minimum absolute atomic E-state index is 0.0243. The number of hydrogen-bond acceptors (Lipinski definition) is 6. The lowest BCUT2D eigenvalue weighted by molar-refractivity contribution is 0.451. The summed E-state index contributed by atoms with van der Waals surface area (Å²) in [5, 5.41) is 77.5. The zero-order valence-corrected chi connectivity index (χ0v) is 49.6. The highest BCUT2D eigenvalue weighted by Gasteiger charge is 2.29. The third-order valence-corrected chi connectivity index (χ3v) is 17.2. The number of fused-ring (bicyclic) bond motifs is 12. The van der Waals surface area contributed by atoms with Crippen LogP contribution in [-0.2, 0) is 38.5 Å². The predicted molar refractivity (Wildman–Crippen MR) is 365 cm³/mol. The van der Waals surface area contributed by atoms with Crippen molar-refractivity contribution in [1.82, 2.24) is 0 Å². The van der Waals surface area contributed by atoms with Crippen LogP contribution in [0, 0.1) is 0 Å². The first-order valence-electron chi connectivity index (χ1n) is 30.5. The van der Waals surface area contributed by atoms with Crippen LogP contribution in [0.5, 0.6) is 34.5 Å². The highest BCUT2D eigenvalue weighted by molar-refractivity contribution is 5.76. The summed E-state index contributed by atoms with van der Waals surface area (Å²) in [4.78, 5) is 0. The van der Waals surface area contributed by atoms with E-state index >= 15 is 0 Å². The quantitative estimate of drug-likeness (QED) is 0.0923. The van der Waals surface area contributed by atoms with Gasteiger partial charge in [0, 0.05) is 251 Å². The molecule has 0 saturated carbocycles. The molecule has 12 bridgehead atoms. The molecule has 0 atom stereocenters. The van der Waals surface area contributed by atoms with E-state index in [-0.39, 0.29) is 73.0 Å². The number of phenols is 6. The summed E-state index contributed by atoms with van der Waals surface area (Å²) in [5.74, 6) is 0.146. The van der Waals surface area contributed by atoms with Crippen molar-refractivity contribution in [1.29, 1.82) is 0 Å². The molecule has 12 aromatic carbocycles. The second kappa shape index (κ2) is 25.9. The van der Waals surface area contributed by atoms with Crippen LogP contribution >= 0.6 is 0 Å².